The van der Waals surface area contributed by atoms with Crippen LogP contribution in [0.5, 0.6) is 0 Å². The molecule has 0 bridgehead atoms. The fourth-order valence-electron chi connectivity index (χ4n) is 2.14. The maximum Gasteiger partial charge on any atom is 0.0829 e. The molecule has 2 atom stereocenters. The Kier molecular flexibility index (Phi) is 3.39. The van der Waals surface area contributed by atoms with Gasteiger partial charge < -0.3 is 9.84 Å². The number of ether oxygens (including phenoxy) is 1. The minimum absolute atomic E-state index is 0.185. The molecule has 0 saturated carbocycles. The highest BCUT2D eigenvalue weighted by atomic mass is 16.5. The standard InChI is InChI=1S/C13H18O2/c1-10(14)9-15-13-8-4-6-11-5-2-3-7-12(11)13/h2-3,5,7,10,13-14H,4,6,8-9H2,1H3/t10-,13?/m0/s1. The van der Waals surface area contributed by atoms with Gasteiger partial charge in [-0.25, -0.2) is 0 Å². The van der Waals surface area contributed by atoms with E-state index in [-0.39, 0.29) is 12.2 Å². The third-order valence-corrected chi connectivity index (χ3v) is 2.85. The molecule has 1 aromatic carbocycles. The van der Waals surface area contributed by atoms with E-state index < -0.39 is 0 Å². The number of fused-ring (bicyclic) bond motifs is 1. The third-order valence-electron chi connectivity index (χ3n) is 2.85. The van der Waals surface area contributed by atoms with Gasteiger partial charge in [0.1, 0.15) is 0 Å². The molecule has 0 radical (unpaired) electrons. The summed E-state index contributed by atoms with van der Waals surface area (Å²) < 4.78 is 5.72. The van der Waals surface area contributed by atoms with Gasteiger partial charge in [0.2, 0.25) is 0 Å². The molecule has 0 fully saturated rings. The molecule has 0 aromatic heterocycles. The fourth-order valence-corrected chi connectivity index (χ4v) is 2.14. The minimum atomic E-state index is -0.376. The second-order valence-corrected chi connectivity index (χ2v) is 4.26. The number of rotatable bonds is 3. The molecular formula is C13H18O2. The van der Waals surface area contributed by atoms with Crippen molar-refractivity contribution in [3.05, 3.63) is 35.4 Å². The van der Waals surface area contributed by atoms with Crippen molar-refractivity contribution in [2.24, 2.45) is 0 Å². The van der Waals surface area contributed by atoms with Crippen LogP contribution in [-0.2, 0) is 11.2 Å². The molecule has 82 valence electrons. The van der Waals surface area contributed by atoms with Gasteiger partial charge in [0.05, 0.1) is 18.8 Å². The van der Waals surface area contributed by atoms with Crippen molar-refractivity contribution < 1.29 is 9.84 Å². The zero-order valence-electron chi connectivity index (χ0n) is 9.15. The van der Waals surface area contributed by atoms with Crippen LogP contribution in [-0.4, -0.2) is 17.8 Å². The lowest BCUT2D eigenvalue weighted by atomic mass is 9.89. The predicted octanol–water partition coefficient (Wildman–Crippen LogP) is 2.46. The number of benzene rings is 1. The lowest BCUT2D eigenvalue weighted by Crippen LogP contribution is -2.18. The Morgan fingerprint density at radius 1 is 1.47 bits per heavy atom. The van der Waals surface area contributed by atoms with Gasteiger partial charge in [0, 0.05) is 0 Å². The van der Waals surface area contributed by atoms with E-state index in [1.807, 2.05) is 0 Å². The van der Waals surface area contributed by atoms with Crippen molar-refractivity contribution in [2.75, 3.05) is 6.61 Å². The zero-order valence-corrected chi connectivity index (χ0v) is 9.15. The molecule has 0 saturated heterocycles. The fraction of sp³-hybridized carbons (Fsp3) is 0.538. The average molecular weight is 206 g/mol. The molecule has 0 amide bonds. The van der Waals surface area contributed by atoms with Crippen LogP contribution in [0.1, 0.15) is 37.0 Å². The maximum absolute atomic E-state index is 9.21. The lowest BCUT2D eigenvalue weighted by Gasteiger charge is -2.26. The number of hydrogen-bond acceptors (Lipinski definition) is 2. The molecule has 0 aliphatic heterocycles. The van der Waals surface area contributed by atoms with Crippen LogP contribution in [0.3, 0.4) is 0 Å². The van der Waals surface area contributed by atoms with Crippen molar-refractivity contribution in [1.82, 2.24) is 0 Å². The van der Waals surface area contributed by atoms with Crippen molar-refractivity contribution >= 4 is 0 Å². The summed E-state index contributed by atoms with van der Waals surface area (Å²) in [7, 11) is 0. The molecule has 2 heteroatoms. The summed E-state index contributed by atoms with van der Waals surface area (Å²) in [5, 5.41) is 9.21. The van der Waals surface area contributed by atoms with Crippen LogP contribution in [0.25, 0.3) is 0 Å². The Morgan fingerprint density at radius 3 is 3.07 bits per heavy atom. The molecule has 0 heterocycles. The predicted molar refractivity (Wildman–Crippen MR) is 59.8 cm³/mol. The summed E-state index contributed by atoms with van der Waals surface area (Å²) in [5.74, 6) is 0. The van der Waals surface area contributed by atoms with E-state index in [9.17, 15) is 5.11 Å². The highest BCUT2D eigenvalue weighted by Gasteiger charge is 2.20. The molecule has 2 nitrogen and oxygen atoms in total. The van der Waals surface area contributed by atoms with Crippen LogP contribution in [0.2, 0.25) is 0 Å². The summed E-state index contributed by atoms with van der Waals surface area (Å²) in [6.45, 7) is 2.19. The first kappa shape index (κ1) is 10.7. The van der Waals surface area contributed by atoms with Crippen LogP contribution < -0.4 is 0 Å². The summed E-state index contributed by atoms with van der Waals surface area (Å²) >= 11 is 0. The first-order valence-electron chi connectivity index (χ1n) is 5.65. The van der Waals surface area contributed by atoms with Crippen LogP contribution >= 0.6 is 0 Å². The number of hydrogen-bond donors (Lipinski definition) is 1. The Bertz CT molecular complexity index is 320. The number of aliphatic hydroxyl groups excluding tert-OH is 1. The second-order valence-electron chi connectivity index (χ2n) is 4.26. The Morgan fingerprint density at radius 2 is 2.27 bits per heavy atom. The topological polar surface area (TPSA) is 29.5 Å². The van der Waals surface area contributed by atoms with E-state index in [1.165, 1.54) is 17.5 Å². The van der Waals surface area contributed by atoms with E-state index in [1.54, 1.807) is 6.92 Å². The molecule has 1 aliphatic carbocycles. The second kappa shape index (κ2) is 4.77. The summed E-state index contributed by atoms with van der Waals surface area (Å²) in [6.07, 6.45) is 3.22. The quantitative estimate of drug-likeness (QED) is 0.823. The Hall–Kier alpha value is -0.860. The van der Waals surface area contributed by atoms with Crippen LogP contribution in [0, 0.1) is 0 Å². The van der Waals surface area contributed by atoms with E-state index in [0.29, 0.717) is 6.61 Å². The van der Waals surface area contributed by atoms with Gasteiger partial charge in [-0.05, 0) is 37.3 Å². The van der Waals surface area contributed by atoms with Crippen molar-refractivity contribution in [1.29, 1.82) is 0 Å². The van der Waals surface area contributed by atoms with E-state index in [0.717, 1.165) is 12.8 Å². The van der Waals surface area contributed by atoms with E-state index in [4.69, 9.17) is 4.74 Å². The minimum Gasteiger partial charge on any atom is -0.391 e. The summed E-state index contributed by atoms with van der Waals surface area (Å²) in [5.41, 5.74) is 2.71. The van der Waals surface area contributed by atoms with E-state index in [2.05, 4.69) is 24.3 Å². The van der Waals surface area contributed by atoms with E-state index >= 15 is 0 Å². The summed E-state index contributed by atoms with van der Waals surface area (Å²) in [6, 6.07) is 8.45. The normalized spacial score (nSPS) is 22.1. The van der Waals surface area contributed by atoms with Crippen molar-refractivity contribution in [3.8, 4) is 0 Å². The van der Waals surface area contributed by atoms with Gasteiger partial charge in [0.25, 0.3) is 0 Å². The van der Waals surface area contributed by atoms with Gasteiger partial charge in [-0.15, -0.1) is 0 Å². The lowest BCUT2D eigenvalue weighted by molar-refractivity contribution is -0.0111. The molecule has 1 N–H and O–H groups in total. The first-order chi connectivity index (χ1) is 7.27. The number of aliphatic hydroxyl groups is 1. The monoisotopic (exact) mass is 206 g/mol. The average Bonchev–Trinajstić information content (AvgIpc) is 2.26. The molecule has 1 unspecified atom stereocenters. The molecule has 1 aliphatic rings. The molecule has 0 spiro atoms. The van der Waals surface area contributed by atoms with Gasteiger partial charge >= 0.3 is 0 Å². The van der Waals surface area contributed by atoms with Gasteiger partial charge in [-0.1, -0.05) is 24.3 Å². The first-order valence-corrected chi connectivity index (χ1v) is 5.65. The van der Waals surface area contributed by atoms with Gasteiger partial charge in [0.15, 0.2) is 0 Å². The van der Waals surface area contributed by atoms with Gasteiger partial charge in [-0.3, -0.25) is 0 Å². The Balaban J connectivity index is 2.08. The van der Waals surface area contributed by atoms with Crippen LogP contribution in [0.15, 0.2) is 24.3 Å². The zero-order chi connectivity index (χ0) is 10.7. The van der Waals surface area contributed by atoms with Gasteiger partial charge in [-0.2, -0.15) is 0 Å². The largest absolute Gasteiger partial charge is 0.391 e. The molecular weight excluding hydrogens is 188 g/mol. The smallest absolute Gasteiger partial charge is 0.0829 e. The highest BCUT2D eigenvalue weighted by molar-refractivity contribution is 5.31. The molecule has 2 rings (SSSR count). The SMILES string of the molecule is C[C@H](O)COC1CCCc2ccccc21. The highest BCUT2D eigenvalue weighted by Crippen LogP contribution is 2.32. The molecule has 15 heavy (non-hydrogen) atoms. The van der Waals surface area contributed by atoms with Crippen molar-refractivity contribution in [2.45, 2.75) is 38.4 Å². The van der Waals surface area contributed by atoms with Crippen LogP contribution in [0.4, 0.5) is 0 Å². The maximum atomic E-state index is 9.21. The third kappa shape index (κ3) is 2.58. The Labute approximate surface area is 90.9 Å². The molecule has 1 aromatic rings. The number of aryl methyl sites for hydroxylation is 1. The summed E-state index contributed by atoms with van der Waals surface area (Å²) in [4.78, 5) is 0. The van der Waals surface area contributed by atoms with Crippen molar-refractivity contribution in [3.63, 3.8) is 0 Å².